The quantitative estimate of drug-likeness (QED) is 0.415. The zero-order valence-corrected chi connectivity index (χ0v) is 16.9. The average molecular weight is 405 g/mol. The number of carbonyl (C=O) groups excluding carboxylic acids is 1. The molecule has 1 N–H and O–H groups in total. The third kappa shape index (κ3) is 4.45. The highest BCUT2D eigenvalue weighted by Crippen LogP contribution is 2.22. The number of anilines is 1. The van der Waals surface area contributed by atoms with Crippen LogP contribution in [0, 0.1) is 12.7 Å². The summed E-state index contributed by atoms with van der Waals surface area (Å²) in [4.78, 5) is 16.7. The maximum Gasteiger partial charge on any atom is 0.204 e. The molecule has 2 heterocycles. The van der Waals surface area contributed by atoms with Crippen molar-refractivity contribution < 1.29 is 9.18 Å². The summed E-state index contributed by atoms with van der Waals surface area (Å²) in [6.07, 6.45) is 3.85. The molecule has 0 bridgehead atoms. The van der Waals surface area contributed by atoms with Crippen molar-refractivity contribution in [3.8, 4) is 0 Å². The van der Waals surface area contributed by atoms with E-state index in [4.69, 9.17) is 0 Å². The Balaban J connectivity index is 1.31. The van der Waals surface area contributed by atoms with Crippen LogP contribution in [0.3, 0.4) is 0 Å². The number of rotatable bonds is 9. The Hall–Kier alpha value is -3.35. The summed E-state index contributed by atoms with van der Waals surface area (Å²) in [5.41, 5.74) is 2.98. The largest absolute Gasteiger partial charge is 0.367 e. The molecular weight excluding hydrogens is 381 g/mol. The third-order valence-corrected chi connectivity index (χ3v) is 5.12. The van der Waals surface area contributed by atoms with Gasteiger partial charge in [0.25, 0.3) is 0 Å². The molecule has 0 amide bonds. The molecule has 4 aromatic rings. The van der Waals surface area contributed by atoms with Crippen molar-refractivity contribution in [2.24, 2.45) is 0 Å². The normalized spacial score (nSPS) is 11.3. The van der Waals surface area contributed by atoms with Crippen LogP contribution in [0.4, 0.5) is 10.2 Å². The molecule has 0 saturated heterocycles. The van der Waals surface area contributed by atoms with Gasteiger partial charge in [0.2, 0.25) is 5.65 Å². The van der Waals surface area contributed by atoms with Gasteiger partial charge in [0.05, 0.1) is 11.0 Å². The number of ketones is 1. The van der Waals surface area contributed by atoms with Crippen LogP contribution in [0.25, 0.3) is 16.7 Å². The second-order valence-electron chi connectivity index (χ2n) is 7.44. The Morgan fingerprint density at radius 2 is 1.90 bits per heavy atom. The zero-order valence-electron chi connectivity index (χ0n) is 16.9. The SMILES string of the molecule is Cc1nnc2c(NCCCCCC(=O)Cc3ccccc3)nc3ccc(F)cc3n12. The molecule has 0 radical (unpaired) electrons. The number of nitrogens with zero attached hydrogens (tertiary/aromatic N) is 4. The first-order valence-electron chi connectivity index (χ1n) is 10.2. The molecule has 6 nitrogen and oxygen atoms in total. The van der Waals surface area contributed by atoms with Crippen molar-refractivity contribution in [1.82, 2.24) is 19.6 Å². The van der Waals surface area contributed by atoms with Crippen LogP contribution >= 0.6 is 0 Å². The molecule has 2 aromatic carbocycles. The first-order chi connectivity index (χ1) is 14.6. The topological polar surface area (TPSA) is 72.2 Å². The van der Waals surface area contributed by atoms with Gasteiger partial charge < -0.3 is 5.32 Å². The molecule has 0 saturated carbocycles. The van der Waals surface area contributed by atoms with Gasteiger partial charge in [0.1, 0.15) is 17.4 Å². The van der Waals surface area contributed by atoms with E-state index in [1.54, 1.807) is 6.07 Å². The maximum absolute atomic E-state index is 13.7. The molecule has 2 aromatic heterocycles. The van der Waals surface area contributed by atoms with E-state index in [2.05, 4.69) is 20.5 Å². The molecule has 154 valence electrons. The smallest absolute Gasteiger partial charge is 0.204 e. The average Bonchev–Trinajstić information content (AvgIpc) is 3.13. The number of Topliss-reactive ketones (excluding diaryl/α,β-unsaturated/α-hetero) is 1. The number of benzene rings is 2. The number of unbranched alkanes of at least 4 members (excludes halogenated alkanes) is 2. The van der Waals surface area contributed by atoms with Crippen LogP contribution < -0.4 is 5.32 Å². The molecule has 7 heteroatoms. The lowest BCUT2D eigenvalue weighted by Crippen LogP contribution is -2.07. The van der Waals surface area contributed by atoms with Gasteiger partial charge in [-0.05, 0) is 37.5 Å². The predicted molar refractivity (Wildman–Crippen MR) is 115 cm³/mol. The monoisotopic (exact) mass is 405 g/mol. The molecule has 30 heavy (non-hydrogen) atoms. The van der Waals surface area contributed by atoms with Gasteiger partial charge in [-0.2, -0.15) is 0 Å². The Morgan fingerprint density at radius 1 is 1.07 bits per heavy atom. The van der Waals surface area contributed by atoms with E-state index in [1.807, 2.05) is 41.7 Å². The fourth-order valence-electron chi connectivity index (χ4n) is 3.61. The van der Waals surface area contributed by atoms with Crippen LogP contribution in [0.5, 0.6) is 0 Å². The van der Waals surface area contributed by atoms with Crippen LogP contribution in [0.15, 0.2) is 48.5 Å². The van der Waals surface area contributed by atoms with Crippen LogP contribution in [0.2, 0.25) is 0 Å². The Kier molecular flexibility index (Phi) is 5.97. The third-order valence-electron chi connectivity index (χ3n) is 5.12. The highest BCUT2D eigenvalue weighted by atomic mass is 19.1. The minimum absolute atomic E-state index is 0.276. The molecule has 0 spiro atoms. The molecule has 0 aliphatic carbocycles. The highest BCUT2D eigenvalue weighted by Gasteiger charge is 2.13. The highest BCUT2D eigenvalue weighted by molar-refractivity contribution is 5.83. The number of nitrogens with one attached hydrogen (secondary N) is 1. The van der Waals surface area contributed by atoms with Crippen molar-refractivity contribution in [1.29, 1.82) is 0 Å². The first-order valence-corrected chi connectivity index (χ1v) is 10.2. The number of aromatic nitrogens is 4. The summed E-state index contributed by atoms with van der Waals surface area (Å²) in [6, 6.07) is 14.3. The number of hydrogen-bond donors (Lipinski definition) is 1. The summed E-state index contributed by atoms with van der Waals surface area (Å²) in [7, 11) is 0. The Morgan fingerprint density at radius 3 is 2.73 bits per heavy atom. The van der Waals surface area contributed by atoms with Gasteiger partial charge in [0, 0.05) is 25.5 Å². The minimum Gasteiger partial charge on any atom is -0.367 e. The molecule has 0 aliphatic heterocycles. The second-order valence-corrected chi connectivity index (χ2v) is 7.44. The number of halogens is 1. The van der Waals surface area contributed by atoms with Crippen molar-refractivity contribution in [2.45, 2.75) is 39.0 Å². The minimum atomic E-state index is -0.318. The van der Waals surface area contributed by atoms with Gasteiger partial charge in [-0.3, -0.25) is 9.20 Å². The predicted octanol–water partition coefficient (Wildman–Crippen LogP) is 4.51. The summed E-state index contributed by atoms with van der Waals surface area (Å²) >= 11 is 0. The lowest BCUT2D eigenvalue weighted by atomic mass is 10.0. The van der Waals surface area contributed by atoms with Crippen molar-refractivity contribution in [3.63, 3.8) is 0 Å². The van der Waals surface area contributed by atoms with E-state index < -0.39 is 0 Å². The zero-order chi connectivity index (χ0) is 20.9. The summed E-state index contributed by atoms with van der Waals surface area (Å²) in [6.45, 7) is 2.55. The van der Waals surface area contributed by atoms with Crippen molar-refractivity contribution in [2.75, 3.05) is 11.9 Å². The van der Waals surface area contributed by atoms with Crippen LogP contribution in [-0.2, 0) is 11.2 Å². The molecular formula is C23H24FN5O. The van der Waals surface area contributed by atoms with E-state index >= 15 is 0 Å². The summed E-state index contributed by atoms with van der Waals surface area (Å²) in [5.74, 6) is 1.28. The lowest BCUT2D eigenvalue weighted by Gasteiger charge is -2.10. The molecule has 0 fully saturated rings. The molecule has 0 unspecified atom stereocenters. The Bertz CT molecular complexity index is 1170. The first kappa shape index (κ1) is 19.9. The summed E-state index contributed by atoms with van der Waals surface area (Å²) in [5, 5.41) is 11.6. The summed E-state index contributed by atoms with van der Waals surface area (Å²) < 4.78 is 15.5. The molecule has 0 aliphatic rings. The number of hydrogen-bond acceptors (Lipinski definition) is 5. The van der Waals surface area contributed by atoms with E-state index in [0.29, 0.717) is 47.7 Å². The number of fused-ring (bicyclic) bond motifs is 3. The van der Waals surface area contributed by atoms with Gasteiger partial charge in [0.15, 0.2) is 5.82 Å². The van der Waals surface area contributed by atoms with Crippen LogP contribution in [-0.4, -0.2) is 31.9 Å². The fourth-order valence-corrected chi connectivity index (χ4v) is 3.61. The van der Waals surface area contributed by atoms with Gasteiger partial charge in [-0.25, -0.2) is 9.37 Å². The standard InChI is InChI=1S/C23H24FN5O/c1-16-27-28-23-22(26-20-12-11-18(24)15-21(20)29(16)23)25-13-7-3-6-10-19(30)14-17-8-4-2-5-9-17/h2,4-5,8-9,11-12,15H,3,6-7,10,13-14H2,1H3,(H,25,26). The van der Waals surface area contributed by atoms with Crippen molar-refractivity contribution in [3.05, 3.63) is 65.7 Å². The Labute approximate surface area is 174 Å². The van der Waals surface area contributed by atoms with E-state index in [9.17, 15) is 9.18 Å². The van der Waals surface area contributed by atoms with E-state index in [1.165, 1.54) is 12.1 Å². The van der Waals surface area contributed by atoms with Crippen LogP contribution in [0.1, 0.15) is 37.1 Å². The van der Waals surface area contributed by atoms with Gasteiger partial charge in [-0.1, -0.05) is 36.8 Å². The van der Waals surface area contributed by atoms with E-state index in [0.717, 1.165) is 24.8 Å². The fraction of sp³-hybridized carbons (Fsp3) is 0.304. The molecule has 0 atom stereocenters. The van der Waals surface area contributed by atoms with E-state index in [-0.39, 0.29) is 11.6 Å². The maximum atomic E-state index is 13.7. The van der Waals surface area contributed by atoms with Gasteiger partial charge >= 0.3 is 0 Å². The molecule has 4 rings (SSSR count). The number of aryl methyl sites for hydroxylation is 1. The van der Waals surface area contributed by atoms with Gasteiger partial charge in [-0.15, -0.1) is 10.2 Å². The lowest BCUT2D eigenvalue weighted by molar-refractivity contribution is -0.118. The second kappa shape index (κ2) is 8.98. The number of carbonyl (C=O) groups is 1. The van der Waals surface area contributed by atoms with Crippen molar-refractivity contribution >= 4 is 28.3 Å².